The predicted molar refractivity (Wildman–Crippen MR) is 199 cm³/mol. The lowest BCUT2D eigenvalue weighted by molar-refractivity contribution is -0.129. The molecule has 0 aromatic rings. The van der Waals surface area contributed by atoms with Gasteiger partial charge in [-0.3, -0.25) is 14.6 Å². The van der Waals surface area contributed by atoms with Gasteiger partial charge in [0, 0.05) is 31.8 Å². The van der Waals surface area contributed by atoms with E-state index < -0.39 is 0 Å². The summed E-state index contributed by atoms with van der Waals surface area (Å²) in [6.45, 7) is 5.83. The van der Waals surface area contributed by atoms with Crippen molar-refractivity contribution < 1.29 is 9.59 Å². The highest BCUT2D eigenvalue weighted by molar-refractivity contribution is 5.86. The van der Waals surface area contributed by atoms with Crippen molar-refractivity contribution in [3.05, 3.63) is 0 Å². The van der Waals surface area contributed by atoms with E-state index in [1.165, 1.54) is 135 Å². The van der Waals surface area contributed by atoms with Crippen LogP contribution in [0.25, 0.3) is 0 Å². The minimum absolute atomic E-state index is 0. The molecule has 5 N–H and O–H groups in total. The van der Waals surface area contributed by atoms with Crippen LogP contribution in [0.5, 0.6) is 0 Å². The largest absolute Gasteiger partial charge is 0.370 e. The highest BCUT2D eigenvalue weighted by atomic mass is 35.5. The van der Waals surface area contributed by atoms with E-state index in [4.69, 9.17) is 11.5 Å². The number of aliphatic imine (C=N–C) groups is 1. The third-order valence-corrected chi connectivity index (χ3v) is 8.99. The molecule has 1 amide bonds. The van der Waals surface area contributed by atoms with Gasteiger partial charge in [-0.15, -0.1) is 12.4 Å². The van der Waals surface area contributed by atoms with E-state index in [1.54, 1.807) is 0 Å². The van der Waals surface area contributed by atoms with E-state index in [0.29, 0.717) is 32.4 Å². The molecule has 0 heterocycles. The van der Waals surface area contributed by atoms with Crippen molar-refractivity contribution in [2.24, 2.45) is 22.4 Å². The number of hydrogen-bond acceptors (Lipinski definition) is 3. The maximum absolute atomic E-state index is 13.0. The summed E-state index contributed by atoms with van der Waals surface area (Å²) in [5.41, 5.74) is 10.9. The van der Waals surface area contributed by atoms with Crippen LogP contribution in [0.4, 0.5) is 0 Å². The smallest absolute Gasteiger partial charge is 0.223 e. The molecule has 45 heavy (non-hydrogen) atoms. The first-order valence-corrected chi connectivity index (χ1v) is 19.4. The second-order valence-corrected chi connectivity index (χ2v) is 13.4. The highest BCUT2D eigenvalue weighted by Crippen LogP contribution is 2.18. The molecule has 0 radical (unpaired) electrons. The van der Waals surface area contributed by atoms with Gasteiger partial charge in [-0.2, -0.15) is 0 Å². The fourth-order valence-electron chi connectivity index (χ4n) is 6.08. The van der Waals surface area contributed by atoms with Crippen LogP contribution < -0.4 is 16.8 Å². The van der Waals surface area contributed by atoms with E-state index >= 15 is 0 Å². The number of hydrogen-bond donors (Lipinski definition) is 3. The van der Waals surface area contributed by atoms with Crippen molar-refractivity contribution in [1.29, 1.82) is 0 Å². The van der Waals surface area contributed by atoms with Crippen LogP contribution in [0.1, 0.15) is 206 Å². The predicted octanol–water partition coefficient (Wildman–Crippen LogP) is 10.7. The lowest BCUT2D eigenvalue weighted by Gasteiger charge is -2.16. The summed E-state index contributed by atoms with van der Waals surface area (Å²) in [4.78, 5) is 29.8. The number of nitrogens with one attached hydrogen (secondary N) is 1. The summed E-state index contributed by atoms with van der Waals surface area (Å²) in [5.74, 6) is 0.159. The molecule has 0 fully saturated rings. The maximum atomic E-state index is 13.0. The number of carbonyl (C=O) groups is 2. The normalized spacial score (nSPS) is 11.6. The van der Waals surface area contributed by atoms with Crippen molar-refractivity contribution >= 4 is 30.1 Å². The number of nitrogens with zero attached hydrogens (tertiary/aromatic N) is 1. The van der Waals surface area contributed by atoms with E-state index in [1.807, 2.05) is 0 Å². The van der Waals surface area contributed by atoms with Crippen LogP contribution in [0.3, 0.4) is 0 Å². The number of carbonyl (C=O) groups excluding carboxylic acids is 2. The van der Waals surface area contributed by atoms with E-state index in [9.17, 15) is 9.59 Å². The molecule has 0 bridgehead atoms. The Kier molecular flexibility index (Phi) is 37.8. The Hall–Kier alpha value is -1.30. The average Bonchev–Trinajstić information content (AvgIpc) is 3.00. The van der Waals surface area contributed by atoms with Gasteiger partial charge in [0.1, 0.15) is 5.78 Å². The Labute approximate surface area is 286 Å². The van der Waals surface area contributed by atoms with Crippen molar-refractivity contribution in [1.82, 2.24) is 5.32 Å². The van der Waals surface area contributed by atoms with E-state index in [-0.39, 0.29) is 36.0 Å². The van der Waals surface area contributed by atoms with Gasteiger partial charge in [0.25, 0.3) is 0 Å². The molecule has 0 aliphatic rings. The summed E-state index contributed by atoms with van der Waals surface area (Å²) in [5, 5.41) is 3.14. The minimum Gasteiger partial charge on any atom is -0.370 e. The van der Waals surface area contributed by atoms with E-state index in [2.05, 4.69) is 24.2 Å². The zero-order valence-electron chi connectivity index (χ0n) is 30.0. The third-order valence-electron chi connectivity index (χ3n) is 8.99. The van der Waals surface area contributed by atoms with Crippen LogP contribution in [0.15, 0.2) is 4.99 Å². The zero-order chi connectivity index (χ0) is 32.4. The van der Waals surface area contributed by atoms with Crippen LogP contribution in [-0.4, -0.2) is 30.7 Å². The second kappa shape index (κ2) is 37.2. The molecule has 0 aliphatic carbocycles. The summed E-state index contributed by atoms with van der Waals surface area (Å²) in [7, 11) is 0. The van der Waals surface area contributed by atoms with Crippen molar-refractivity contribution in [3.8, 4) is 0 Å². The number of halogens is 1. The molecule has 6 nitrogen and oxygen atoms in total. The molecule has 0 aliphatic heterocycles. The van der Waals surface area contributed by atoms with Crippen LogP contribution in [0.2, 0.25) is 0 Å². The van der Waals surface area contributed by atoms with E-state index in [0.717, 1.165) is 38.5 Å². The highest BCUT2D eigenvalue weighted by Gasteiger charge is 2.21. The van der Waals surface area contributed by atoms with Crippen molar-refractivity contribution in [2.75, 3.05) is 13.1 Å². The van der Waals surface area contributed by atoms with Gasteiger partial charge in [0.15, 0.2) is 5.96 Å². The Balaban J connectivity index is 0. The average molecular weight is 658 g/mol. The summed E-state index contributed by atoms with van der Waals surface area (Å²) in [6, 6.07) is 0. The maximum Gasteiger partial charge on any atom is 0.223 e. The summed E-state index contributed by atoms with van der Waals surface area (Å²) in [6.07, 6.45) is 36.0. The summed E-state index contributed by atoms with van der Waals surface area (Å²) < 4.78 is 0. The molecule has 0 saturated carbocycles. The number of unbranched alkanes of at least 4 members (excludes halogenated alkanes) is 24. The van der Waals surface area contributed by atoms with Crippen LogP contribution in [-0.2, 0) is 9.59 Å². The van der Waals surface area contributed by atoms with Crippen molar-refractivity contribution in [3.63, 3.8) is 0 Å². The number of ketones is 1. The van der Waals surface area contributed by atoms with Gasteiger partial charge in [-0.1, -0.05) is 168 Å². The molecule has 268 valence electrons. The molecule has 0 aromatic heterocycles. The lowest BCUT2D eigenvalue weighted by atomic mass is 9.93. The first-order valence-electron chi connectivity index (χ1n) is 19.4. The Morgan fingerprint density at radius 2 is 0.956 bits per heavy atom. The second-order valence-electron chi connectivity index (χ2n) is 13.4. The SMILES string of the molecule is CCCCCCCCCCCCCCCCCC(=O)C[C@@H](CCCCN=C(N)N)C(=O)NCCCCCCCCCCCC.Cl. The molecule has 0 saturated heterocycles. The van der Waals surface area contributed by atoms with Crippen LogP contribution >= 0.6 is 12.4 Å². The fourth-order valence-corrected chi connectivity index (χ4v) is 6.08. The topological polar surface area (TPSA) is 111 Å². The quantitative estimate of drug-likeness (QED) is 0.0358. The Morgan fingerprint density at radius 1 is 0.556 bits per heavy atom. The fraction of sp³-hybridized carbons (Fsp3) is 0.921. The number of rotatable bonds is 35. The monoisotopic (exact) mass is 657 g/mol. The summed E-state index contributed by atoms with van der Waals surface area (Å²) >= 11 is 0. The minimum atomic E-state index is -0.235. The first-order chi connectivity index (χ1) is 21.5. The molecule has 0 aromatic carbocycles. The first kappa shape index (κ1) is 45.8. The molecule has 0 unspecified atom stereocenters. The number of amides is 1. The lowest BCUT2D eigenvalue weighted by Crippen LogP contribution is -2.33. The number of Topliss-reactive ketones (excluding diaryl/α,β-unsaturated/α-hetero) is 1. The van der Waals surface area contributed by atoms with Gasteiger partial charge in [0.2, 0.25) is 5.91 Å². The number of nitrogens with two attached hydrogens (primary N) is 2. The van der Waals surface area contributed by atoms with Gasteiger partial charge in [-0.25, -0.2) is 0 Å². The standard InChI is InChI=1S/C38H76N4O2.ClH/c1-3-5-7-9-11-13-15-16-17-18-19-20-22-24-26-31-36(43)34-35(30-27-29-33-42-38(39)40)37(44)41-32-28-25-23-21-14-12-10-8-6-4-2;/h35H,3-34H2,1-2H3,(H,41,44)(H4,39,40,42);1H/t35-;/m1./s1. The van der Waals surface area contributed by atoms with Gasteiger partial charge in [0.05, 0.1) is 0 Å². The van der Waals surface area contributed by atoms with Gasteiger partial charge < -0.3 is 16.8 Å². The Morgan fingerprint density at radius 3 is 1.38 bits per heavy atom. The molecule has 0 rings (SSSR count). The third kappa shape index (κ3) is 35.4. The van der Waals surface area contributed by atoms with Crippen molar-refractivity contribution in [2.45, 2.75) is 206 Å². The Bertz CT molecular complexity index is 670. The number of guanidine groups is 1. The molecule has 7 heteroatoms. The molecular weight excluding hydrogens is 580 g/mol. The van der Waals surface area contributed by atoms with Gasteiger partial charge in [-0.05, 0) is 25.7 Å². The molecule has 0 spiro atoms. The molecular formula is C38H77ClN4O2. The zero-order valence-corrected chi connectivity index (χ0v) is 30.8. The van der Waals surface area contributed by atoms with Crippen LogP contribution in [0, 0.1) is 5.92 Å². The molecule has 1 atom stereocenters. The van der Waals surface area contributed by atoms with Gasteiger partial charge >= 0.3 is 0 Å².